The van der Waals surface area contributed by atoms with Crippen molar-refractivity contribution in [2.24, 2.45) is 5.92 Å². The molecule has 1 aromatic carbocycles. The van der Waals surface area contributed by atoms with Crippen molar-refractivity contribution in [2.45, 2.75) is 24.1 Å². The van der Waals surface area contributed by atoms with Crippen LogP contribution in [0.1, 0.15) is 23.2 Å². The van der Waals surface area contributed by atoms with Crippen molar-refractivity contribution in [3.63, 3.8) is 0 Å². The first-order valence-corrected chi connectivity index (χ1v) is 8.05. The number of carboxylic acid groups (broad SMARTS) is 1. The lowest BCUT2D eigenvalue weighted by atomic mass is 9.67. The summed E-state index contributed by atoms with van der Waals surface area (Å²) in [6, 6.07) is 3.35. The van der Waals surface area contributed by atoms with Gasteiger partial charge in [0.05, 0.1) is 11.2 Å². The first-order chi connectivity index (χ1) is 11.9. The van der Waals surface area contributed by atoms with Gasteiger partial charge in [-0.1, -0.05) is 11.6 Å². The highest BCUT2D eigenvalue weighted by atomic mass is 35.5. The Balaban J connectivity index is 2.05. The van der Waals surface area contributed by atoms with Crippen LogP contribution in [0.3, 0.4) is 0 Å². The van der Waals surface area contributed by atoms with Crippen molar-refractivity contribution in [3.05, 3.63) is 34.6 Å². The Bertz CT molecular complexity index is 681. The number of aliphatic hydroxyl groups is 2. The van der Waals surface area contributed by atoms with Gasteiger partial charge in [-0.2, -0.15) is 0 Å². The van der Waals surface area contributed by atoms with E-state index in [0.29, 0.717) is 4.90 Å². The van der Waals surface area contributed by atoms with Gasteiger partial charge in [0.2, 0.25) is 0 Å². The highest BCUT2D eigenvalue weighted by Crippen LogP contribution is 2.35. The molecule has 11 heteroatoms. The highest BCUT2D eigenvalue weighted by Gasteiger charge is 2.48. The van der Waals surface area contributed by atoms with Crippen LogP contribution in [0, 0.1) is 11.7 Å². The predicted octanol–water partition coefficient (Wildman–Crippen LogP) is -0.365. The highest BCUT2D eigenvalue weighted by molar-refractivity contribution is 6.31. The summed E-state index contributed by atoms with van der Waals surface area (Å²) in [5.41, 5.74) is -4.36. The average molecular weight is 380 g/mol. The maximum Gasteiger partial charge on any atom is 0.317 e. The number of halogens is 2. The summed E-state index contributed by atoms with van der Waals surface area (Å²) in [5.74, 6) is -3.16. The summed E-state index contributed by atoms with van der Waals surface area (Å²) in [5, 5.41) is 32.0. The SMILES string of the molecule is [B]C1(O)CC(CNC(=O)c2cc(F)cc(Cl)c2)CC([B])(O)N1CC(=O)O. The fourth-order valence-electron chi connectivity index (χ4n) is 3.05. The molecule has 4 N–H and O–H groups in total. The summed E-state index contributed by atoms with van der Waals surface area (Å²) < 4.78 is 13.3. The third-order valence-electron chi connectivity index (χ3n) is 4.08. The van der Waals surface area contributed by atoms with E-state index in [1.54, 1.807) is 0 Å². The van der Waals surface area contributed by atoms with Crippen LogP contribution in [-0.4, -0.2) is 72.1 Å². The molecule has 2 rings (SSSR count). The van der Waals surface area contributed by atoms with Gasteiger partial charge in [0, 0.05) is 17.1 Å². The Kier molecular flexibility index (Phi) is 6.02. The second-order valence-electron chi connectivity index (χ2n) is 6.38. The number of amides is 1. The minimum atomic E-state index is -2.18. The lowest BCUT2D eigenvalue weighted by Crippen LogP contribution is -2.68. The van der Waals surface area contributed by atoms with E-state index in [9.17, 15) is 24.2 Å². The Hall–Kier alpha value is -1.61. The van der Waals surface area contributed by atoms with Crippen molar-refractivity contribution in [1.29, 1.82) is 0 Å². The van der Waals surface area contributed by atoms with Crippen LogP contribution in [0.4, 0.5) is 4.39 Å². The number of nitrogens with zero attached hydrogens (tertiary/aromatic N) is 1. The second kappa shape index (κ2) is 7.56. The average Bonchev–Trinajstić information content (AvgIpc) is 2.46. The van der Waals surface area contributed by atoms with E-state index < -0.39 is 41.4 Å². The third-order valence-corrected chi connectivity index (χ3v) is 4.30. The normalized spacial score (nSPS) is 29.3. The Labute approximate surface area is 156 Å². The first kappa shape index (κ1) is 20.7. The van der Waals surface area contributed by atoms with Crippen LogP contribution in [0.25, 0.3) is 0 Å². The molecule has 0 aromatic heterocycles. The van der Waals surface area contributed by atoms with Gasteiger partial charge >= 0.3 is 5.97 Å². The lowest BCUT2D eigenvalue weighted by Gasteiger charge is -2.53. The Morgan fingerprint density at radius 2 is 1.85 bits per heavy atom. The fourth-order valence-corrected chi connectivity index (χ4v) is 3.28. The van der Waals surface area contributed by atoms with E-state index in [1.165, 1.54) is 6.07 Å². The molecule has 26 heavy (non-hydrogen) atoms. The van der Waals surface area contributed by atoms with E-state index in [-0.39, 0.29) is 30.0 Å². The number of rotatable bonds is 5. The number of likely N-dealkylation sites (tertiary alicyclic amines) is 1. The summed E-state index contributed by atoms with van der Waals surface area (Å²) in [6.45, 7) is -0.798. The quantitative estimate of drug-likeness (QED) is 0.519. The number of aliphatic carboxylic acids is 1. The summed E-state index contributed by atoms with van der Waals surface area (Å²) in [4.78, 5) is 23.7. The van der Waals surface area contributed by atoms with Gasteiger partial charge in [0.1, 0.15) is 28.1 Å². The molecule has 1 aliphatic rings. The second-order valence-corrected chi connectivity index (χ2v) is 6.82. The van der Waals surface area contributed by atoms with Crippen LogP contribution in [0.15, 0.2) is 18.2 Å². The topological polar surface area (TPSA) is 110 Å². The molecular weight excluding hydrogens is 364 g/mol. The molecule has 0 bridgehead atoms. The number of carbonyl (C=O) groups excluding carboxylic acids is 1. The fraction of sp³-hybridized carbons (Fsp3) is 0.467. The van der Waals surface area contributed by atoms with Crippen LogP contribution < -0.4 is 5.32 Å². The maximum atomic E-state index is 13.3. The molecule has 0 aliphatic carbocycles. The molecule has 0 saturated carbocycles. The third kappa shape index (κ3) is 4.97. The monoisotopic (exact) mass is 380 g/mol. The minimum Gasteiger partial charge on any atom is -0.480 e. The number of piperidine rings is 1. The number of nitrogens with one attached hydrogen (secondary N) is 1. The van der Waals surface area contributed by atoms with Gasteiger partial charge < -0.3 is 20.6 Å². The molecule has 1 heterocycles. The van der Waals surface area contributed by atoms with Gasteiger partial charge in [-0.05, 0) is 37.0 Å². The van der Waals surface area contributed by atoms with Crippen LogP contribution >= 0.6 is 11.6 Å². The zero-order chi connectivity index (χ0) is 19.7. The van der Waals surface area contributed by atoms with Crippen molar-refractivity contribution in [1.82, 2.24) is 10.2 Å². The maximum absolute atomic E-state index is 13.3. The van der Waals surface area contributed by atoms with Gasteiger partial charge in [-0.15, -0.1) is 0 Å². The standard InChI is InChI=1S/C15H16B2ClFN2O5/c16-14(25)4-8(5-15(17,26)21(14)7-12(22)23)6-20-13(24)9-1-10(18)3-11(19)2-9/h1-3,8,25-26H,4-7H2,(H,20,24)(H,22,23). The van der Waals surface area contributed by atoms with Gasteiger partial charge in [-0.3, -0.25) is 14.5 Å². The molecule has 1 aliphatic heterocycles. The molecule has 1 amide bonds. The van der Waals surface area contributed by atoms with Crippen molar-refractivity contribution < 1.29 is 29.3 Å². The van der Waals surface area contributed by atoms with Gasteiger partial charge in [-0.25, -0.2) is 4.39 Å². The van der Waals surface area contributed by atoms with E-state index >= 15 is 0 Å². The smallest absolute Gasteiger partial charge is 0.317 e. The molecule has 1 saturated heterocycles. The molecular formula is C15H16B2ClFN2O5. The summed E-state index contributed by atoms with van der Waals surface area (Å²) >= 11 is 5.70. The van der Waals surface area contributed by atoms with Crippen molar-refractivity contribution in [3.8, 4) is 0 Å². The largest absolute Gasteiger partial charge is 0.480 e. The Morgan fingerprint density at radius 1 is 1.27 bits per heavy atom. The number of carbonyl (C=O) groups is 2. The zero-order valence-corrected chi connectivity index (χ0v) is 14.4. The lowest BCUT2D eigenvalue weighted by molar-refractivity contribution is -0.200. The van der Waals surface area contributed by atoms with Gasteiger partial charge in [0.25, 0.3) is 5.91 Å². The first-order valence-electron chi connectivity index (χ1n) is 7.67. The number of hydrogen-bond acceptors (Lipinski definition) is 5. The van der Waals surface area contributed by atoms with E-state index in [1.807, 2.05) is 0 Å². The van der Waals surface area contributed by atoms with Crippen molar-refractivity contribution in [2.75, 3.05) is 13.1 Å². The molecule has 1 fully saturated rings. The van der Waals surface area contributed by atoms with Crippen molar-refractivity contribution >= 4 is 39.2 Å². The van der Waals surface area contributed by atoms with Crippen LogP contribution in [0.5, 0.6) is 0 Å². The Morgan fingerprint density at radius 3 is 2.35 bits per heavy atom. The number of carboxylic acids is 1. The van der Waals surface area contributed by atoms with Gasteiger partial charge in [0.15, 0.2) is 0 Å². The molecule has 7 nitrogen and oxygen atoms in total. The summed E-state index contributed by atoms with van der Waals surface area (Å²) in [6.07, 6.45) is -0.298. The molecule has 136 valence electrons. The molecule has 2 atom stereocenters. The minimum absolute atomic E-state index is 0.00401. The van der Waals surface area contributed by atoms with Crippen LogP contribution in [-0.2, 0) is 4.79 Å². The summed E-state index contributed by atoms with van der Waals surface area (Å²) in [7, 11) is 11.4. The predicted molar refractivity (Wildman–Crippen MR) is 92.2 cm³/mol. The molecule has 1 aromatic rings. The molecule has 4 radical (unpaired) electrons. The molecule has 2 unspecified atom stereocenters. The van der Waals surface area contributed by atoms with E-state index in [0.717, 1.165) is 12.1 Å². The number of hydrogen-bond donors (Lipinski definition) is 4. The van der Waals surface area contributed by atoms with E-state index in [4.69, 9.17) is 32.4 Å². The van der Waals surface area contributed by atoms with E-state index in [2.05, 4.69) is 5.32 Å². The van der Waals surface area contributed by atoms with Crippen LogP contribution in [0.2, 0.25) is 5.02 Å². The number of benzene rings is 1. The molecule has 0 spiro atoms. The zero-order valence-electron chi connectivity index (χ0n) is 13.7.